The number of carbonyl (C=O) groups is 2. The Kier molecular flexibility index (Phi) is 3.51. The van der Waals surface area contributed by atoms with E-state index in [9.17, 15) is 9.59 Å². The smallest absolute Gasteiger partial charge is 0.242 e. The molecule has 2 N–H and O–H groups in total. The molecule has 0 saturated carbocycles. The van der Waals surface area contributed by atoms with Crippen LogP contribution >= 0.6 is 0 Å². The number of hydrogen-bond donors (Lipinski definition) is 2. The van der Waals surface area contributed by atoms with Gasteiger partial charge in [0.15, 0.2) is 0 Å². The minimum Gasteiger partial charge on any atom is -0.353 e. The molecular weight excluding hydrogens is 258 g/mol. The number of nitrogens with zero attached hydrogens (tertiary/aromatic N) is 3. The highest BCUT2D eigenvalue weighted by Crippen LogP contribution is 2.14. The van der Waals surface area contributed by atoms with E-state index >= 15 is 0 Å². The van der Waals surface area contributed by atoms with Crippen LogP contribution < -0.4 is 15.8 Å². The predicted octanol–water partition coefficient (Wildman–Crippen LogP) is -0.877. The number of rotatable bonds is 2. The van der Waals surface area contributed by atoms with E-state index < -0.39 is 6.04 Å². The van der Waals surface area contributed by atoms with Crippen molar-refractivity contribution in [1.29, 1.82) is 0 Å². The Hall–Kier alpha value is -2.15. The zero-order valence-electron chi connectivity index (χ0n) is 11.1. The number of amides is 2. The molecule has 0 bridgehead atoms. The summed E-state index contributed by atoms with van der Waals surface area (Å²) in [7, 11) is 0. The van der Waals surface area contributed by atoms with Crippen molar-refractivity contribution >= 4 is 17.6 Å². The van der Waals surface area contributed by atoms with Crippen molar-refractivity contribution in [1.82, 2.24) is 20.7 Å². The Morgan fingerprint density at radius 3 is 2.65 bits per heavy atom. The standard InChI is InChI=1S/C13H17N5O2/c19-12-9-10(15-16-12)13(20)18-7-5-17(6-8-18)11-3-1-2-4-14-11/h1-4,10,15H,5-9H2,(H,16,19). The van der Waals surface area contributed by atoms with Crippen molar-refractivity contribution in [2.24, 2.45) is 0 Å². The number of aromatic nitrogens is 1. The van der Waals surface area contributed by atoms with Gasteiger partial charge in [0.05, 0.1) is 6.42 Å². The first-order valence-corrected chi connectivity index (χ1v) is 6.73. The van der Waals surface area contributed by atoms with Gasteiger partial charge in [-0.05, 0) is 12.1 Å². The molecule has 2 saturated heterocycles. The van der Waals surface area contributed by atoms with Crippen molar-refractivity contribution in [2.45, 2.75) is 12.5 Å². The SMILES string of the molecule is O=C1CC(C(=O)N2CCN(c3ccccn3)CC2)NN1. The Labute approximate surface area is 116 Å². The second-order valence-electron chi connectivity index (χ2n) is 4.95. The maximum absolute atomic E-state index is 12.2. The summed E-state index contributed by atoms with van der Waals surface area (Å²) in [5, 5.41) is 0. The van der Waals surface area contributed by atoms with Gasteiger partial charge in [-0.15, -0.1) is 0 Å². The molecule has 1 unspecified atom stereocenters. The second-order valence-corrected chi connectivity index (χ2v) is 4.95. The quantitative estimate of drug-likeness (QED) is 0.733. The monoisotopic (exact) mass is 275 g/mol. The van der Waals surface area contributed by atoms with Gasteiger partial charge >= 0.3 is 0 Å². The van der Waals surface area contributed by atoms with Crippen molar-refractivity contribution < 1.29 is 9.59 Å². The zero-order chi connectivity index (χ0) is 13.9. The largest absolute Gasteiger partial charge is 0.353 e. The number of nitrogens with one attached hydrogen (secondary N) is 2. The van der Waals surface area contributed by atoms with Gasteiger partial charge in [0.25, 0.3) is 0 Å². The molecule has 2 aliphatic heterocycles. The van der Waals surface area contributed by atoms with Gasteiger partial charge in [-0.1, -0.05) is 6.07 Å². The van der Waals surface area contributed by atoms with E-state index in [1.165, 1.54) is 0 Å². The number of piperazine rings is 1. The number of pyridine rings is 1. The second kappa shape index (κ2) is 5.46. The van der Waals surface area contributed by atoms with Gasteiger partial charge in [0.2, 0.25) is 11.8 Å². The van der Waals surface area contributed by atoms with Gasteiger partial charge in [-0.25, -0.2) is 10.4 Å². The lowest BCUT2D eigenvalue weighted by Crippen LogP contribution is -2.53. The van der Waals surface area contributed by atoms with Gasteiger partial charge in [0, 0.05) is 32.4 Å². The molecule has 3 rings (SSSR count). The topological polar surface area (TPSA) is 77.6 Å². The Morgan fingerprint density at radius 1 is 1.25 bits per heavy atom. The Bertz CT molecular complexity index is 499. The molecule has 1 aromatic rings. The minimum atomic E-state index is -0.427. The third kappa shape index (κ3) is 2.57. The average molecular weight is 275 g/mol. The summed E-state index contributed by atoms with van der Waals surface area (Å²) >= 11 is 0. The number of hydrogen-bond acceptors (Lipinski definition) is 5. The predicted molar refractivity (Wildman–Crippen MR) is 72.7 cm³/mol. The van der Waals surface area contributed by atoms with Crippen LogP contribution in [0.4, 0.5) is 5.82 Å². The fourth-order valence-electron chi connectivity index (χ4n) is 2.52. The molecular formula is C13H17N5O2. The molecule has 1 aromatic heterocycles. The van der Waals surface area contributed by atoms with Gasteiger partial charge in [-0.3, -0.25) is 15.0 Å². The molecule has 2 fully saturated rings. The molecule has 2 aliphatic rings. The summed E-state index contributed by atoms with van der Waals surface area (Å²) < 4.78 is 0. The van der Waals surface area contributed by atoms with Crippen LogP contribution in [0.15, 0.2) is 24.4 Å². The lowest BCUT2D eigenvalue weighted by Gasteiger charge is -2.36. The normalized spacial score (nSPS) is 22.8. The highest BCUT2D eigenvalue weighted by Gasteiger charge is 2.32. The molecule has 106 valence electrons. The van der Waals surface area contributed by atoms with Crippen LogP contribution in [-0.4, -0.2) is 53.9 Å². The Balaban J connectivity index is 1.56. The highest BCUT2D eigenvalue weighted by molar-refractivity contribution is 5.90. The molecule has 20 heavy (non-hydrogen) atoms. The molecule has 7 heteroatoms. The molecule has 3 heterocycles. The first-order valence-electron chi connectivity index (χ1n) is 6.73. The summed E-state index contributed by atoms with van der Waals surface area (Å²) in [6.07, 6.45) is 1.99. The number of carbonyl (C=O) groups excluding carboxylic acids is 2. The van der Waals surface area contributed by atoms with Crippen molar-refractivity contribution in [3.05, 3.63) is 24.4 Å². The summed E-state index contributed by atoms with van der Waals surface area (Å²) in [6.45, 7) is 2.83. The van der Waals surface area contributed by atoms with E-state index in [2.05, 4.69) is 20.7 Å². The molecule has 0 aliphatic carbocycles. The molecule has 0 spiro atoms. The van der Waals surface area contributed by atoms with E-state index in [-0.39, 0.29) is 18.2 Å². The molecule has 0 radical (unpaired) electrons. The van der Waals surface area contributed by atoms with Crippen molar-refractivity contribution in [3.63, 3.8) is 0 Å². The van der Waals surface area contributed by atoms with E-state index in [1.807, 2.05) is 18.2 Å². The summed E-state index contributed by atoms with van der Waals surface area (Å²) in [4.78, 5) is 31.6. The highest BCUT2D eigenvalue weighted by atomic mass is 16.2. The van der Waals surface area contributed by atoms with Crippen LogP contribution in [0.2, 0.25) is 0 Å². The van der Waals surface area contributed by atoms with E-state index in [4.69, 9.17) is 0 Å². The molecule has 2 amide bonds. The molecule has 1 atom stereocenters. The lowest BCUT2D eigenvalue weighted by molar-refractivity contribution is -0.134. The van der Waals surface area contributed by atoms with Crippen molar-refractivity contribution in [2.75, 3.05) is 31.1 Å². The minimum absolute atomic E-state index is 0.0102. The van der Waals surface area contributed by atoms with Crippen LogP contribution in [0.25, 0.3) is 0 Å². The molecule has 7 nitrogen and oxygen atoms in total. The summed E-state index contributed by atoms with van der Waals surface area (Å²) in [6, 6.07) is 5.39. The van der Waals surface area contributed by atoms with Crippen LogP contribution in [0.1, 0.15) is 6.42 Å². The zero-order valence-corrected chi connectivity index (χ0v) is 11.1. The van der Waals surface area contributed by atoms with E-state index in [0.717, 1.165) is 18.9 Å². The summed E-state index contributed by atoms with van der Waals surface area (Å²) in [5.41, 5.74) is 5.20. The lowest BCUT2D eigenvalue weighted by atomic mass is 10.2. The third-order valence-corrected chi connectivity index (χ3v) is 3.64. The van der Waals surface area contributed by atoms with Crippen LogP contribution in [0.3, 0.4) is 0 Å². The fourth-order valence-corrected chi connectivity index (χ4v) is 2.52. The Morgan fingerprint density at radius 2 is 2.05 bits per heavy atom. The van der Waals surface area contributed by atoms with Crippen molar-refractivity contribution in [3.8, 4) is 0 Å². The van der Waals surface area contributed by atoms with Gasteiger partial charge in [-0.2, -0.15) is 0 Å². The number of hydrazine groups is 1. The van der Waals surface area contributed by atoms with Gasteiger partial charge < -0.3 is 9.80 Å². The van der Waals surface area contributed by atoms with Crippen LogP contribution in [0.5, 0.6) is 0 Å². The maximum Gasteiger partial charge on any atom is 0.242 e. The fraction of sp³-hybridized carbons (Fsp3) is 0.462. The van der Waals surface area contributed by atoms with Crippen LogP contribution in [0, 0.1) is 0 Å². The van der Waals surface area contributed by atoms with Gasteiger partial charge in [0.1, 0.15) is 11.9 Å². The first kappa shape index (κ1) is 12.9. The third-order valence-electron chi connectivity index (χ3n) is 3.64. The maximum atomic E-state index is 12.2. The van der Waals surface area contributed by atoms with Crippen LogP contribution in [-0.2, 0) is 9.59 Å². The number of anilines is 1. The average Bonchev–Trinajstić information content (AvgIpc) is 2.94. The first-order chi connectivity index (χ1) is 9.74. The molecule has 0 aromatic carbocycles. The summed E-state index contributed by atoms with van der Waals surface area (Å²) in [5.74, 6) is 0.801. The van der Waals surface area contributed by atoms with E-state index in [0.29, 0.717) is 13.1 Å². The van der Waals surface area contributed by atoms with E-state index in [1.54, 1.807) is 11.1 Å².